The van der Waals surface area contributed by atoms with Gasteiger partial charge in [0.1, 0.15) is 0 Å². The second-order valence-electron chi connectivity index (χ2n) is 7.00. The van der Waals surface area contributed by atoms with Crippen LogP contribution in [-0.2, 0) is 0 Å². The molecule has 0 saturated carbocycles. The Balaban J connectivity index is 0.00000232. The zero-order chi connectivity index (χ0) is 18.0. The van der Waals surface area contributed by atoms with E-state index in [4.69, 9.17) is 0 Å². The molecule has 0 heterocycles. The molecule has 0 amide bonds. The van der Waals surface area contributed by atoms with Crippen LogP contribution >= 0.6 is 0 Å². The van der Waals surface area contributed by atoms with Gasteiger partial charge in [0, 0.05) is 0 Å². The summed E-state index contributed by atoms with van der Waals surface area (Å²) in [5.41, 5.74) is 7.40. The molecule has 0 heteroatoms. The van der Waals surface area contributed by atoms with E-state index in [1.54, 1.807) is 5.57 Å². The molecule has 1 aliphatic rings. The van der Waals surface area contributed by atoms with Crippen molar-refractivity contribution in [2.45, 2.75) is 81.6 Å². The van der Waals surface area contributed by atoms with E-state index in [9.17, 15) is 0 Å². The van der Waals surface area contributed by atoms with Crippen LogP contribution in [0, 0.1) is 5.41 Å². The molecule has 0 aromatic carbocycles. The van der Waals surface area contributed by atoms with Crippen molar-refractivity contribution in [2.75, 3.05) is 0 Å². The maximum Gasteiger partial charge on any atom is -0.0104 e. The molecular weight excluding hydrogens is 276 g/mol. The Morgan fingerprint density at radius 3 is 2.04 bits per heavy atom. The molecule has 1 rings (SSSR count). The van der Waals surface area contributed by atoms with Gasteiger partial charge in [0.15, 0.2) is 0 Å². The molecule has 0 atom stereocenters. The van der Waals surface area contributed by atoms with Crippen molar-refractivity contribution in [3.05, 3.63) is 58.2 Å². The molecule has 130 valence electrons. The largest absolute Gasteiger partial charge is 0.0847 e. The first kappa shape index (κ1) is 21.7. The van der Waals surface area contributed by atoms with Crippen LogP contribution in [0.3, 0.4) is 0 Å². The first-order valence-corrected chi connectivity index (χ1v) is 9.14. The maximum absolute atomic E-state index is 2.37. The lowest BCUT2D eigenvalue weighted by molar-refractivity contribution is 0.377. The minimum atomic E-state index is 0.324. The zero-order valence-corrected chi connectivity index (χ0v) is 17.0. The summed E-state index contributed by atoms with van der Waals surface area (Å²) in [7, 11) is 0. The molecule has 0 N–H and O–H groups in total. The molecular formula is C23H38. The molecule has 0 radical (unpaired) electrons. The van der Waals surface area contributed by atoms with Crippen LogP contribution in [0.1, 0.15) is 81.6 Å². The summed E-state index contributed by atoms with van der Waals surface area (Å²) >= 11 is 0. The molecule has 23 heavy (non-hydrogen) atoms. The zero-order valence-electron chi connectivity index (χ0n) is 17.0. The second-order valence-corrected chi connectivity index (χ2v) is 7.00. The van der Waals surface area contributed by atoms with Gasteiger partial charge >= 0.3 is 0 Å². The van der Waals surface area contributed by atoms with Gasteiger partial charge in [0.2, 0.25) is 0 Å². The summed E-state index contributed by atoms with van der Waals surface area (Å²) < 4.78 is 0. The fourth-order valence-corrected chi connectivity index (χ4v) is 2.83. The smallest absolute Gasteiger partial charge is 0.0104 e. The van der Waals surface area contributed by atoms with E-state index < -0.39 is 0 Å². The quantitative estimate of drug-likeness (QED) is 0.462. The van der Waals surface area contributed by atoms with Gasteiger partial charge in [0.05, 0.1) is 0 Å². The lowest BCUT2D eigenvalue weighted by atomic mass is 9.72. The summed E-state index contributed by atoms with van der Waals surface area (Å²) in [4.78, 5) is 0. The van der Waals surface area contributed by atoms with Gasteiger partial charge < -0.3 is 0 Å². The molecule has 1 aliphatic carbocycles. The van der Waals surface area contributed by atoms with Crippen LogP contribution in [0.4, 0.5) is 0 Å². The second kappa shape index (κ2) is 10.5. The first-order valence-electron chi connectivity index (χ1n) is 9.14. The molecule has 0 spiro atoms. The summed E-state index contributed by atoms with van der Waals surface area (Å²) in [6.45, 7) is 19.6. The van der Waals surface area contributed by atoms with E-state index in [1.807, 2.05) is 13.8 Å². The normalized spacial score (nSPS) is 19.8. The lowest BCUT2D eigenvalue weighted by Gasteiger charge is -2.33. The average Bonchev–Trinajstić information content (AvgIpc) is 2.52. The van der Waals surface area contributed by atoms with E-state index in [0.717, 1.165) is 0 Å². The molecule has 0 aromatic heterocycles. The number of rotatable bonds is 4. The molecule has 0 aliphatic heterocycles. The molecule has 0 fully saturated rings. The highest BCUT2D eigenvalue weighted by atomic mass is 14.3. The number of hydrogen-bond donors (Lipinski definition) is 0. The average molecular weight is 315 g/mol. The molecule has 0 saturated heterocycles. The van der Waals surface area contributed by atoms with Crippen LogP contribution in [0.5, 0.6) is 0 Å². The Morgan fingerprint density at radius 1 is 0.957 bits per heavy atom. The number of hydrogen-bond acceptors (Lipinski definition) is 0. The highest BCUT2D eigenvalue weighted by molar-refractivity contribution is 5.39. The van der Waals surface area contributed by atoms with Crippen LogP contribution in [-0.4, -0.2) is 0 Å². The van der Waals surface area contributed by atoms with Gasteiger partial charge in [-0.2, -0.15) is 0 Å². The van der Waals surface area contributed by atoms with Gasteiger partial charge in [0.25, 0.3) is 0 Å². The van der Waals surface area contributed by atoms with E-state index in [-0.39, 0.29) is 0 Å². The van der Waals surface area contributed by atoms with E-state index in [2.05, 4.69) is 78.8 Å². The fourth-order valence-electron chi connectivity index (χ4n) is 2.83. The van der Waals surface area contributed by atoms with Crippen LogP contribution in [0.15, 0.2) is 58.2 Å². The number of allylic oxidation sites excluding steroid dienone is 10. The van der Waals surface area contributed by atoms with Crippen LogP contribution < -0.4 is 0 Å². The SMILES string of the molecule is C/C=C(C)/C=C/C(C)=C(C)\C=C\C1=C(C)CCCC1(C)C.CC. The van der Waals surface area contributed by atoms with Crippen molar-refractivity contribution in [1.29, 1.82) is 0 Å². The van der Waals surface area contributed by atoms with Gasteiger partial charge in [-0.3, -0.25) is 0 Å². The highest BCUT2D eigenvalue weighted by Crippen LogP contribution is 2.40. The third kappa shape index (κ3) is 7.20. The Bertz CT molecular complexity index is 516. The van der Waals surface area contributed by atoms with Crippen molar-refractivity contribution in [3.63, 3.8) is 0 Å². The van der Waals surface area contributed by atoms with Gasteiger partial charge in [-0.05, 0) is 76.0 Å². The lowest BCUT2D eigenvalue weighted by Crippen LogP contribution is -2.19. The minimum Gasteiger partial charge on any atom is -0.0847 e. The van der Waals surface area contributed by atoms with Crippen molar-refractivity contribution in [2.24, 2.45) is 5.41 Å². The van der Waals surface area contributed by atoms with E-state index in [0.29, 0.717) is 5.41 Å². The van der Waals surface area contributed by atoms with Crippen LogP contribution in [0.25, 0.3) is 0 Å². The standard InChI is InChI=1S/C21H32.C2H6/c1-8-16(2)11-12-17(3)18(4)13-14-20-19(5)10-9-15-21(20,6)7;1-2/h8,11-14H,9-10,15H2,1-7H3;1-2H3/b12-11+,14-13+,16-8+,18-17-;. The Kier molecular flexibility index (Phi) is 9.88. The molecule has 0 bridgehead atoms. The van der Waals surface area contributed by atoms with E-state index in [1.165, 1.54) is 41.6 Å². The Labute approximate surface area is 145 Å². The summed E-state index contributed by atoms with van der Waals surface area (Å²) in [5, 5.41) is 0. The fraction of sp³-hybridized carbons (Fsp3) is 0.565. The Morgan fingerprint density at radius 2 is 1.52 bits per heavy atom. The first-order chi connectivity index (χ1) is 10.8. The Hall–Kier alpha value is -1.30. The monoisotopic (exact) mass is 314 g/mol. The van der Waals surface area contributed by atoms with Gasteiger partial charge in [-0.25, -0.2) is 0 Å². The van der Waals surface area contributed by atoms with Gasteiger partial charge in [-0.15, -0.1) is 0 Å². The van der Waals surface area contributed by atoms with Crippen molar-refractivity contribution < 1.29 is 0 Å². The minimum absolute atomic E-state index is 0.324. The third-order valence-corrected chi connectivity index (χ3v) is 4.72. The van der Waals surface area contributed by atoms with Gasteiger partial charge in [-0.1, -0.05) is 69.2 Å². The van der Waals surface area contributed by atoms with E-state index >= 15 is 0 Å². The molecule has 0 aromatic rings. The molecule has 0 unspecified atom stereocenters. The predicted molar refractivity (Wildman–Crippen MR) is 108 cm³/mol. The summed E-state index contributed by atoms with van der Waals surface area (Å²) in [6, 6.07) is 0. The maximum atomic E-state index is 2.37. The highest BCUT2D eigenvalue weighted by Gasteiger charge is 2.26. The summed E-state index contributed by atoms with van der Waals surface area (Å²) in [6.07, 6.45) is 15.0. The topological polar surface area (TPSA) is 0 Å². The summed E-state index contributed by atoms with van der Waals surface area (Å²) in [5.74, 6) is 0. The van der Waals surface area contributed by atoms with Crippen LogP contribution in [0.2, 0.25) is 0 Å². The van der Waals surface area contributed by atoms with Crippen molar-refractivity contribution in [3.8, 4) is 0 Å². The third-order valence-electron chi connectivity index (χ3n) is 4.72. The molecule has 0 nitrogen and oxygen atoms in total. The van der Waals surface area contributed by atoms with Crippen molar-refractivity contribution in [1.82, 2.24) is 0 Å². The predicted octanol–water partition coefficient (Wildman–Crippen LogP) is 7.95. The van der Waals surface area contributed by atoms with Crippen molar-refractivity contribution >= 4 is 0 Å².